The lowest BCUT2D eigenvalue weighted by atomic mass is 10.1. The van der Waals surface area contributed by atoms with Gasteiger partial charge in [0.25, 0.3) is 0 Å². The summed E-state index contributed by atoms with van der Waals surface area (Å²) in [6.07, 6.45) is 4.71. The summed E-state index contributed by atoms with van der Waals surface area (Å²) >= 11 is 0. The van der Waals surface area contributed by atoms with E-state index < -0.39 is 0 Å². The second-order valence-electron chi connectivity index (χ2n) is 7.11. The first kappa shape index (κ1) is 20.8. The Balaban J connectivity index is 1.84. The predicted molar refractivity (Wildman–Crippen MR) is 114 cm³/mol. The average Bonchev–Trinajstić information content (AvgIpc) is 2.61. The lowest BCUT2D eigenvalue weighted by molar-refractivity contribution is -0.114. The number of carbonyl (C=O) groups is 1. The Morgan fingerprint density at radius 3 is 2.44 bits per heavy atom. The smallest absolute Gasteiger partial charge is 0.243 e. The van der Waals surface area contributed by atoms with E-state index in [0.717, 1.165) is 34.7 Å². The summed E-state index contributed by atoms with van der Waals surface area (Å²) in [5, 5.41) is 6.19. The van der Waals surface area contributed by atoms with Crippen LogP contribution in [0.25, 0.3) is 0 Å². The number of unbranched alkanes of at least 4 members (excludes halogenated alkanes) is 3. The van der Waals surface area contributed by atoms with E-state index in [1.54, 1.807) is 0 Å². The standard InChI is InChI=1S/C23H32N2O2/c1-5-6-7-8-12-27-21-11-9-10-20(15-21)25-22(26)16-24-23-18(3)13-17(2)14-19(23)4/h9-11,13-15,24H,5-8,12,16H2,1-4H3,(H,25,26). The van der Waals surface area contributed by atoms with Crippen molar-refractivity contribution in [1.29, 1.82) is 0 Å². The molecule has 0 aliphatic heterocycles. The van der Waals surface area contributed by atoms with E-state index in [1.807, 2.05) is 24.3 Å². The molecule has 4 heteroatoms. The summed E-state index contributed by atoms with van der Waals surface area (Å²) in [6.45, 7) is 9.33. The normalized spacial score (nSPS) is 10.5. The molecule has 2 rings (SSSR count). The summed E-state index contributed by atoms with van der Waals surface area (Å²) in [5.74, 6) is 0.719. The van der Waals surface area contributed by atoms with Crippen LogP contribution in [0.2, 0.25) is 0 Å². The molecule has 0 aromatic heterocycles. The van der Waals surface area contributed by atoms with Crippen molar-refractivity contribution < 1.29 is 9.53 Å². The van der Waals surface area contributed by atoms with Crippen molar-refractivity contribution in [2.45, 2.75) is 53.4 Å². The van der Waals surface area contributed by atoms with Gasteiger partial charge >= 0.3 is 0 Å². The SMILES string of the molecule is CCCCCCOc1cccc(NC(=O)CNc2c(C)cc(C)cc2C)c1. The minimum atomic E-state index is -0.0746. The quantitative estimate of drug-likeness (QED) is 0.535. The molecule has 27 heavy (non-hydrogen) atoms. The van der Waals surface area contributed by atoms with E-state index in [4.69, 9.17) is 4.74 Å². The number of benzene rings is 2. The number of anilines is 2. The molecule has 0 saturated carbocycles. The fourth-order valence-electron chi connectivity index (χ4n) is 3.22. The molecular formula is C23H32N2O2. The Labute approximate surface area is 163 Å². The van der Waals surface area contributed by atoms with Gasteiger partial charge in [-0.1, -0.05) is 49.9 Å². The maximum Gasteiger partial charge on any atom is 0.243 e. The summed E-state index contributed by atoms with van der Waals surface area (Å²) in [4.78, 5) is 12.3. The van der Waals surface area contributed by atoms with E-state index in [0.29, 0.717) is 6.61 Å². The van der Waals surface area contributed by atoms with Crippen molar-refractivity contribution in [2.75, 3.05) is 23.8 Å². The fraction of sp³-hybridized carbons (Fsp3) is 0.435. The third-order valence-corrected chi connectivity index (χ3v) is 4.49. The van der Waals surface area contributed by atoms with Gasteiger partial charge < -0.3 is 15.4 Å². The van der Waals surface area contributed by atoms with Crippen LogP contribution in [-0.2, 0) is 4.79 Å². The van der Waals surface area contributed by atoms with Gasteiger partial charge in [-0.15, -0.1) is 0 Å². The van der Waals surface area contributed by atoms with Crippen LogP contribution in [0.1, 0.15) is 49.3 Å². The van der Waals surface area contributed by atoms with Gasteiger partial charge in [0.05, 0.1) is 13.2 Å². The number of rotatable bonds is 10. The number of ether oxygens (including phenoxy) is 1. The van der Waals surface area contributed by atoms with Crippen molar-refractivity contribution in [3.63, 3.8) is 0 Å². The third-order valence-electron chi connectivity index (χ3n) is 4.49. The average molecular weight is 369 g/mol. The highest BCUT2D eigenvalue weighted by Gasteiger charge is 2.07. The van der Waals surface area contributed by atoms with Crippen LogP contribution in [0.5, 0.6) is 5.75 Å². The molecule has 1 amide bonds. The summed E-state index contributed by atoms with van der Waals surface area (Å²) in [6, 6.07) is 11.8. The molecule has 0 aliphatic carbocycles. The first-order valence-corrected chi connectivity index (χ1v) is 9.84. The Kier molecular flexibility index (Phi) is 8.18. The summed E-state index contributed by atoms with van der Waals surface area (Å²) < 4.78 is 5.78. The molecule has 0 radical (unpaired) electrons. The van der Waals surface area contributed by atoms with Crippen LogP contribution in [0, 0.1) is 20.8 Å². The zero-order valence-electron chi connectivity index (χ0n) is 17.0. The highest BCUT2D eigenvalue weighted by atomic mass is 16.5. The van der Waals surface area contributed by atoms with Gasteiger partial charge in [0.1, 0.15) is 5.75 Å². The van der Waals surface area contributed by atoms with E-state index in [1.165, 1.54) is 24.8 Å². The topological polar surface area (TPSA) is 50.4 Å². The molecule has 2 N–H and O–H groups in total. The van der Waals surface area contributed by atoms with E-state index >= 15 is 0 Å². The zero-order chi connectivity index (χ0) is 19.6. The Morgan fingerprint density at radius 1 is 1.00 bits per heavy atom. The first-order valence-electron chi connectivity index (χ1n) is 9.84. The third kappa shape index (κ3) is 6.97. The highest BCUT2D eigenvalue weighted by Crippen LogP contribution is 2.22. The molecule has 0 aliphatic rings. The second-order valence-corrected chi connectivity index (χ2v) is 7.11. The molecule has 0 atom stereocenters. The lowest BCUT2D eigenvalue weighted by Gasteiger charge is -2.14. The monoisotopic (exact) mass is 368 g/mol. The molecule has 0 saturated heterocycles. The maximum atomic E-state index is 12.3. The number of carbonyl (C=O) groups excluding carboxylic acids is 1. The van der Waals surface area contributed by atoms with E-state index in [-0.39, 0.29) is 12.5 Å². The Morgan fingerprint density at radius 2 is 1.74 bits per heavy atom. The minimum absolute atomic E-state index is 0.0746. The molecule has 0 unspecified atom stereocenters. The number of hydrogen-bond acceptors (Lipinski definition) is 3. The molecule has 146 valence electrons. The second kappa shape index (κ2) is 10.6. The first-order chi connectivity index (χ1) is 13.0. The van der Waals surface area contributed by atoms with Gasteiger partial charge in [-0.2, -0.15) is 0 Å². The Hall–Kier alpha value is -2.49. The van der Waals surface area contributed by atoms with Crippen LogP contribution in [0.15, 0.2) is 36.4 Å². The van der Waals surface area contributed by atoms with Crippen molar-refractivity contribution in [1.82, 2.24) is 0 Å². The molecule has 2 aromatic carbocycles. The van der Waals surface area contributed by atoms with Crippen molar-refractivity contribution in [3.05, 3.63) is 53.1 Å². The fourth-order valence-corrected chi connectivity index (χ4v) is 3.22. The molecule has 2 aromatic rings. The zero-order valence-corrected chi connectivity index (χ0v) is 17.0. The van der Waals surface area contributed by atoms with Crippen LogP contribution >= 0.6 is 0 Å². The molecule has 0 heterocycles. The van der Waals surface area contributed by atoms with Crippen molar-refractivity contribution in [2.24, 2.45) is 0 Å². The van der Waals surface area contributed by atoms with Crippen molar-refractivity contribution in [3.8, 4) is 5.75 Å². The molecule has 0 bridgehead atoms. The van der Waals surface area contributed by atoms with Crippen LogP contribution in [-0.4, -0.2) is 19.1 Å². The van der Waals surface area contributed by atoms with Crippen LogP contribution < -0.4 is 15.4 Å². The molecule has 0 fully saturated rings. The molecule has 0 spiro atoms. The van der Waals surface area contributed by atoms with Gasteiger partial charge in [0.15, 0.2) is 0 Å². The van der Waals surface area contributed by atoms with Gasteiger partial charge in [-0.05, 0) is 50.5 Å². The van der Waals surface area contributed by atoms with E-state index in [9.17, 15) is 4.79 Å². The van der Waals surface area contributed by atoms with Gasteiger partial charge in [-0.3, -0.25) is 4.79 Å². The van der Waals surface area contributed by atoms with Crippen molar-refractivity contribution >= 4 is 17.3 Å². The lowest BCUT2D eigenvalue weighted by Crippen LogP contribution is -2.22. The predicted octanol–water partition coefficient (Wildman–Crippen LogP) is 5.62. The number of hydrogen-bond donors (Lipinski definition) is 2. The maximum absolute atomic E-state index is 12.3. The number of amides is 1. The van der Waals surface area contributed by atoms with Crippen LogP contribution in [0.3, 0.4) is 0 Å². The number of aryl methyl sites for hydroxylation is 3. The number of nitrogens with one attached hydrogen (secondary N) is 2. The molecular weight excluding hydrogens is 336 g/mol. The minimum Gasteiger partial charge on any atom is -0.494 e. The van der Waals surface area contributed by atoms with Crippen LogP contribution in [0.4, 0.5) is 11.4 Å². The largest absolute Gasteiger partial charge is 0.494 e. The van der Waals surface area contributed by atoms with Gasteiger partial charge in [0, 0.05) is 17.4 Å². The Bertz CT molecular complexity index is 733. The molecule has 4 nitrogen and oxygen atoms in total. The summed E-state index contributed by atoms with van der Waals surface area (Å²) in [5.41, 5.74) is 5.31. The highest BCUT2D eigenvalue weighted by molar-refractivity contribution is 5.94. The van der Waals surface area contributed by atoms with Gasteiger partial charge in [-0.25, -0.2) is 0 Å². The van der Waals surface area contributed by atoms with E-state index in [2.05, 4.69) is 50.5 Å². The van der Waals surface area contributed by atoms with Gasteiger partial charge in [0.2, 0.25) is 5.91 Å². The summed E-state index contributed by atoms with van der Waals surface area (Å²) in [7, 11) is 0.